The van der Waals surface area contributed by atoms with Crippen LogP contribution in [0, 0.1) is 0 Å². The molecule has 0 saturated carbocycles. The summed E-state index contributed by atoms with van der Waals surface area (Å²) in [4.78, 5) is 11.1. The second-order valence-electron chi connectivity index (χ2n) is 3.40. The van der Waals surface area contributed by atoms with E-state index in [1.165, 1.54) is 0 Å². The van der Waals surface area contributed by atoms with Gasteiger partial charge in [0.25, 0.3) is 0 Å². The van der Waals surface area contributed by atoms with Crippen LogP contribution in [0.2, 0.25) is 0 Å². The number of hydrogen-bond donors (Lipinski definition) is 1. The molecule has 0 atom stereocenters. The van der Waals surface area contributed by atoms with Crippen LogP contribution in [-0.2, 0) is 11.2 Å². The Labute approximate surface area is 93.4 Å². The zero-order valence-electron chi connectivity index (χ0n) is 8.25. The maximum Gasteiger partial charge on any atom is 0.224 e. The highest BCUT2D eigenvalue weighted by molar-refractivity contribution is 6.18. The van der Waals surface area contributed by atoms with E-state index in [1.54, 1.807) is 0 Å². The summed E-state index contributed by atoms with van der Waals surface area (Å²) in [5.41, 5.74) is 2.02. The number of alkyl halides is 1. The van der Waals surface area contributed by atoms with Crippen LogP contribution in [0.25, 0.3) is 0 Å². The number of amides is 1. The molecule has 3 nitrogen and oxygen atoms in total. The number of benzene rings is 1. The molecule has 0 unspecified atom stereocenters. The van der Waals surface area contributed by atoms with E-state index in [0.717, 1.165) is 23.4 Å². The van der Waals surface area contributed by atoms with E-state index in [2.05, 4.69) is 5.32 Å². The molecule has 0 aromatic heterocycles. The first-order valence-corrected chi connectivity index (χ1v) is 5.44. The Kier molecular flexibility index (Phi) is 3.11. The van der Waals surface area contributed by atoms with Gasteiger partial charge in [0.1, 0.15) is 12.4 Å². The van der Waals surface area contributed by atoms with Crippen LogP contribution in [0.3, 0.4) is 0 Å². The molecule has 4 heteroatoms. The smallest absolute Gasteiger partial charge is 0.224 e. The molecule has 1 N–H and O–H groups in total. The Bertz CT molecular complexity index is 379. The average molecular weight is 226 g/mol. The summed E-state index contributed by atoms with van der Waals surface area (Å²) < 4.78 is 5.40. The van der Waals surface area contributed by atoms with Crippen LogP contribution in [0.5, 0.6) is 5.75 Å². The third-order valence-corrected chi connectivity index (χ3v) is 2.47. The van der Waals surface area contributed by atoms with Gasteiger partial charge < -0.3 is 10.1 Å². The van der Waals surface area contributed by atoms with Crippen LogP contribution in [0.1, 0.15) is 12.0 Å². The molecular weight excluding hydrogens is 214 g/mol. The summed E-state index contributed by atoms with van der Waals surface area (Å²) in [6.07, 6.45) is 1.32. The van der Waals surface area contributed by atoms with Gasteiger partial charge in [-0.2, -0.15) is 0 Å². The summed E-state index contributed by atoms with van der Waals surface area (Å²) in [5, 5.41) is 2.82. The quantitative estimate of drug-likeness (QED) is 0.801. The number of fused-ring (bicyclic) bond motifs is 1. The monoisotopic (exact) mass is 225 g/mol. The Morgan fingerprint density at radius 1 is 1.40 bits per heavy atom. The van der Waals surface area contributed by atoms with E-state index < -0.39 is 0 Å². The summed E-state index contributed by atoms with van der Waals surface area (Å²) in [6.45, 7) is 0.507. The first-order valence-electron chi connectivity index (χ1n) is 4.91. The summed E-state index contributed by atoms with van der Waals surface area (Å²) in [6, 6.07) is 5.67. The SMILES string of the molecule is O=C1CCc2cc(OCCCl)ccc2N1. The number of anilines is 1. The van der Waals surface area contributed by atoms with E-state index in [4.69, 9.17) is 16.3 Å². The summed E-state index contributed by atoms with van der Waals surface area (Å²) in [7, 11) is 0. The Balaban J connectivity index is 2.15. The molecule has 1 aromatic carbocycles. The molecule has 1 heterocycles. The van der Waals surface area contributed by atoms with Gasteiger partial charge in [0, 0.05) is 12.1 Å². The van der Waals surface area contributed by atoms with Crippen molar-refractivity contribution < 1.29 is 9.53 Å². The molecule has 80 valence electrons. The minimum absolute atomic E-state index is 0.0805. The minimum atomic E-state index is 0.0805. The maximum atomic E-state index is 11.1. The number of rotatable bonds is 3. The maximum absolute atomic E-state index is 11.1. The average Bonchev–Trinajstić information content (AvgIpc) is 2.26. The molecule has 1 amide bonds. The fourth-order valence-corrected chi connectivity index (χ4v) is 1.68. The molecule has 0 saturated heterocycles. The predicted molar refractivity (Wildman–Crippen MR) is 59.6 cm³/mol. The van der Waals surface area contributed by atoms with Crippen LogP contribution in [0.15, 0.2) is 18.2 Å². The van der Waals surface area contributed by atoms with Gasteiger partial charge in [-0.05, 0) is 30.2 Å². The molecule has 15 heavy (non-hydrogen) atoms. The van der Waals surface area contributed by atoms with Crippen molar-refractivity contribution in [2.75, 3.05) is 17.8 Å². The molecule has 1 aliphatic heterocycles. The molecule has 1 aromatic rings. The number of carbonyl (C=O) groups excluding carboxylic acids is 1. The number of carbonyl (C=O) groups is 1. The predicted octanol–water partition coefficient (Wildman–Crippen LogP) is 2.19. The van der Waals surface area contributed by atoms with Gasteiger partial charge in [-0.3, -0.25) is 4.79 Å². The number of hydrogen-bond acceptors (Lipinski definition) is 2. The number of nitrogens with one attached hydrogen (secondary N) is 1. The van der Waals surface area contributed by atoms with Crippen molar-refractivity contribution in [1.82, 2.24) is 0 Å². The van der Waals surface area contributed by atoms with Gasteiger partial charge in [0.05, 0.1) is 5.88 Å². The van der Waals surface area contributed by atoms with Gasteiger partial charge >= 0.3 is 0 Å². The zero-order chi connectivity index (χ0) is 10.7. The second-order valence-corrected chi connectivity index (χ2v) is 3.78. The van der Waals surface area contributed by atoms with E-state index >= 15 is 0 Å². The normalized spacial score (nSPS) is 14.3. The zero-order valence-corrected chi connectivity index (χ0v) is 9.01. The summed E-state index contributed by atoms with van der Waals surface area (Å²) >= 11 is 5.53. The van der Waals surface area contributed by atoms with Gasteiger partial charge in [0.15, 0.2) is 0 Å². The van der Waals surface area contributed by atoms with Gasteiger partial charge in [-0.25, -0.2) is 0 Å². The second kappa shape index (κ2) is 4.53. The molecular formula is C11H12ClNO2. The van der Waals surface area contributed by atoms with Crippen molar-refractivity contribution >= 4 is 23.2 Å². The molecule has 0 fully saturated rings. The van der Waals surface area contributed by atoms with Crippen LogP contribution < -0.4 is 10.1 Å². The fourth-order valence-electron chi connectivity index (χ4n) is 1.61. The molecule has 0 bridgehead atoms. The fraction of sp³-hybridized carbons (Fsp3) is 0.364. The number of ether oxygens (including phenoxy) is 1. The number of halogens is 1. The first kappa shape index (κ1) is 10.3. The van der Waals surface area contributed by atoms with E-state index in [1.807, 2.05) is 18.2 Å². The van der Waals surface area contributed by atoms with Gasteiger partial charge in [-0.15, -0.1) is 11.6 Å². The van der Waals surface area contributed by atoms with Gasteiger partial charge in [-0.1, -0.05) is 0 Å². The van der Waals surface area contributed by atoms with Crippen LogP contribution in [-0.4, -0.2) is 18.4 Å². The number of aryl methyl sites for hydroxylation is 1. The molecule has 2 rings (SSSR count). The lowest BCUT2D eigenvalue weighted by molar-refractivity contribution is -0.116. The lowest BCUT2D eigenvalue weighted by Gasteiger charge is -2.17. The lowest BCUT2D eigenvalue weighted by atomic mass is 10.0. The van der Waals surface area contributed by atoms with E-state index in [9.17, 15) is 4.79 Å². The van der Waals surface area contributed by atoms with Crippen molar-refractivity contribution in [3.8, 4) is 5.75 Å². The highest BCUT2D eigenvalue weighted by atomic mass is 35.5. The van der Waals surface area contributed by atoms with E-state index in [-0.39, 0.29) is 5.91 Å². The van der Waals surface area contributed by atoms with Crippen molar-refractivity contribution in [2.24, 2.45) is 0 Å². The van der Waals surface area contributed by atoms with Crippen molar-refractivity contribution in [1.29, 1.82) is 0 Å². The van der Waals surface area contributed by atoms with Crippen molar-refractivity contribution in [3.63, 3.8) is 0 Å². The van der Waals surface area contributed by atoms with E-state index in [0.29, 0.717) is 18.9 Å². The molecule has 0 aliphatic carbocycles. The molecule has 0 radical (unpaired) electrons. The topological polar surface area (TPSA) is 38.3 Å². The molecule has 0 spiro atoms. The highest BCUT2D eigenvalue weighted by Crippen LogP contribution is 2.26. The Hall–Kier alpha value is -1.22. The largest absolute Gasteiger partial charge is 0.492 e. The minimum Gasteiger partial charge on any atom is -0.492 e. The van der Waals surface area contributed by atoms with Crippen LogP contribution in [0.4, 0.5) is 5.69 Å². The Morgan fingerprint density at radius 2 is 2.27 bits per heavy atom. The third-order valence-electron chi connectivity index (χ3n) is 2.32. The third kappa shape index (κ3) is 2.42. The standard InChI is InChI=1S/C11H12ClNO2/c12-5-6-15-9-2-3-10-8(7-9)1-4-11(14)13-10/h2-3,7H,1,4-6H2,(H,13,14). The molecule has 1 aliphatic rings. The van der Waals surface area contributed by atoms with Crippen molar-refractivity contribution in [3.05, 3.63) is 23.8 Å². The van der Waals surface area contributed by atoms with Crippen molar-refractivity contribution in [2.45, 2.75) is 12.8 Å². The summed E-state index contributed by atoms with van der Waals surface area (Å²) in [5.74, 6) is 1.37. The highest BCUT2D eigenvalue weighted by Gasteiger charge is 2.14. The Morgan fingerprint density at radius 3 is 3.07 bits per heavy atom. The lowest BCUT2D eigenvalue weighted by Crippen LogP contribution is -2.18. The first-order chi connectivity index (χ1) is 7.29. The van der Waals surface area contributed by atoms with Gasteiger partial charge in [0.2, 0.25) is 5.91 Å². The van der Waals surface area contributed by atoms with Crippen LogP contribution >= 0.6 is 11.6 Å².